The molecule has 3 aromatic rings. The highest BCUT2D eigenvalue weighted by Gasteiger charge is 2.45. The molecule has 1 aliphatic heterocycles. The van der Waals surface area contributed by atoms with Gasteiger partial charge in [-0.15, -0.1) is 0 Å². The van der Waals surface area contributed by atoms with Crippen molar-refractivity contribution in [3.05, 3.63) is 54.1 Å². The van der Waals surface area contributed by atoms with Crippen molar-refractivity contribution < 1.29 is 18.0 Å². The van der Waals surface area contributed by atoms with Gasteiger partial charge < -0.3 is 5.32 Å². The molecule has 2 heterocycles. The number of carbonyl (C=O) groups excluding carboxylic acids is 2. The topological polar surface area (TPSA) is 96.4 Å². The number of thiazole rings is 1. The number of aromatic nitrogens is 1. The standard InChI is InChI=1S/C17H13N3O4S2/c1-10(15(21)19-17-18-12-7-3-4-8-13(12)25-17)20-16(22)11-6-2-5-9-14(11)26(20,23)24/h2-10H,1H3,(H,18,19,21). The number of hydrogen-bond acceptors (Lipinski definition) is 6. The Morgan fingerprint density at radius 2 is 1.85 bits per heavy atom. The number of nitrogens with zero attached hydrogens (tertiary/aromatic N) is 2. The van der Waals surface area contributed by atoms with Crippen LogP contribution in [0.1, 0.15) is 17.3 Å². The van der Waals surface area contributed by atoms with Gasteiger partial charge in [-0.1, -0.05) is 35.6 Å². The number of anilines is 1. The van der Waals surface area contributed by atoms with E-state index in [4.69, 9.17) is 0 Å². The molecule has 0 aliphatic carbocycles. The maximum atomic E-state index is 12.6. The molecule has 0 saturated heterocycles. The largest absolute Gasteiger partial charge is 0.300 e. The summed E-state index contributed by atoms with van der Waals surface area (Å²) in [5.41, 5.74) is 0.810. The van der Waals surface area contributed by atoms with Crippen LogP contribution in [0.25, 0.3) is 10.2 Å². The predicted octanol–water partition coefficient (Wildman–Crippen LogP) is 2.47. The van der Waals surface area contributed by atoms with Crippen molar-refractivity contribution in [2.24, 2.45) is 0 Å². The quantitative estimate of drug-likeness (QED) is 0.745. The smallest absolute Gasteiger partial charge is 0.269 e. The van der Waals surface area contributed by atoms with E-state index in [9.17, 15) is 18.0 Å². The Balaban J connectivity index is 1.62. The fourth-order valence-electron chi connectivity index (χ4n) is 2.83. The van der Waals surface area contributed by atoms with Crippen LogP contribution in [0.3, 0.4) is 0 Å². The highest BCUT2D eigenvalue weighted by Crippen LogP contribution is 2.32. The van der Waals surface area contributed by atoms with Crippen molar-refractivity contribution in [2.75, 3.05) is 5.32 Å². The summed E-state index contributed by atoms with van der Waals surface area (Å²) < 4.78 is 26.8. The Bertz CT molecular complexity index is 1120. The maximum absolute atomic E-state index is 12.6. The molecule has 0 spiro atoms. The molecule has 26 heavy (non-hydrogen) atoms. The summed E-state index contributed by atoms with van der Waals surface area (Å²) in [6, 6.07) is 12.1. The van der Waals surface area contributed by atoms with Gasteiger partial charge in [0.15, 0.2) is 5.13 Å². The molecule has 2 amide bonds. The van der Waals surface area contributed by atoms with E-state index >= 15 is 0 Å². The van der Waals surface area contributed by atoms with Crippen LogP contribution in [0, 0.1) is 0 Å². The van der Waals surface area contributed by atoms with E-state index in [2.05, 4.69) is 10.3 Å². The molecule has 1 N–H and O–H groups in total. The maximum Gasteiger partial charge on any atom is 0.269 e. The first-order valence-corrected chi connectivity index (χ1v) is 9.99. The SMILES string of the molecule is CC(C(=O)Nc1nc2ccccc2s1)N1C(=O)c2ccccc2S1(=O)=O. The number of benzene rings is 2. The molecule has 4 rings (SSSR count). The molecule has 2 aromatic carbocycles. The third kappa shape index (κ3) is 2.47. The zero-order valence-electron chi connectivity index (χ0n) is 13.5. The second-order valence-corrected chi connectivity index (χ2v) is 8.57. The molecule has 0 saturated carbocycles. The monoisotopic (exact) mass is 387 g/mol. The molecule has 1 unspecified atom stereocenters. The number of amides is 2. The van der Waals surface area contributed by atoms with Crippen molar-refractivity contribution in [1.29, 1.82) is 0 Å². The van der Waals surface area contributed by atoms with E-state index in [-0.39, 0.29) is 10.5 Å². The molecule has 9 heteroatoms. The molecule has 0 radical (unpaired) electrons. The number of hydrogen-bond donors (Lipinski definition) is 1. The lowest BCUT2D eigenvalue weighted by atomic mass is 10.2. The molecular weight excluding hydrogens is 374 g/mol. The molecular formula is C17H13N3O4S2. The van der Waals surface area contributed by atoms with Crippen LogP contribution in [0.5, 0.6) is 0 Å². The van der Waals surface area contributed by atoms with Gasteiger partial charge in [0, 0.05) is 0 Å². The minimum Gasteiger partial charge on any atom is -0.300 e. The van der Waals surface area contributed by atoms with Crippen LogP contribution in [0.2, 0.25) is 0 Å². The summed E-state index contributed by atoms with van der Waals surface area (Å²) in [6.07, 6.45) is 0. The Morgan fingerprint density at radius 1 is 1.15 bits per heavy atom. The lowest BCUT2D eigenvalue weighted by Crippen LogP contribution is -2.45. The summed E-state index contributed by atoms with van der Waals surface area (Å²) in [5, 5.41) is 2.95. The average molecular weight is 387 g/mol. The van der Waals surface area contributed by atoms with Crippen LogP contribution in [0.4, 0.5) is 5.13 Å². The highest BCUT2D eigenvalue weighted by molar-refractivity contribution is 7.90. The fourth-order valence-corrected chi connectivity index (χ4v) is 5.42. The van der Waals surface area contributed by atoms with Gasteiger partial charge in [0.1, 0.15) is 10.9 Å². The summed E-state index contributed by atoms with van der Waals surface area (Å²) in [4.78, 5) is 29.3. The van der Waals surface area contributed by atoms with Crippen LogP contribution < -0.4 is 5.32 Å². The van der Waals surface area contributed by atoms with Crippen molar-refractivity contribution in [2.45, 2.75) is 17.9 Å². The Labute approximate surface area is 153 Å². The first-order chi connectivity index (χ1) is 12.4. The highest BCUT2D eigenvalue weighted by atomic mass is 32.2. The van der Waals surface area contributed by atoms with E-state index in [1.54, 1.807) is 12.1 Å². The minimum absolute atomic E-state index is 0.0761. The van der Waals surface area contributed by atoms with E-state index in [0.29, 0.717) is 9.44 Å². The lowest BCUT2D eigenvalue weighted by molar-refractivity contribution is -0.118. The average Bonchev–Trinajstić information content (AvgIpc) is 3.11. The van der Waals surface area contributed by atoms with Crippen LogP contribution in [0.15, 0.2) is 53.4 Å². The van der Waals surface area contributed by atoms with Gasteiger partial charge in [-0.2, -0.15) is 0 Å². The first kappa shape index (κ1) is 16.7. The van der Waals surface area contributed by atoms with E-state index in [1.165, 1.54) is 30.4 Å². The van der Waals surface area contributed by atoms with Gasteiger partial charge in [-0.05, 0) is 31.2 Å². The van der Waals surface area contributed by atoms with Gasteiger partial charge in [0.25, 0.3) is 15.9 Å². The normalized spacial score (nSPS) is 16.5. The number of rotatable bonds is 3. The Morgan fingerprint density at radius 3 is 2.58 bits per heavy atom. The van der Waals surface area contributed by atoms with Crippen LogP contribution in [-0.2, 0) is 14.8 Å². The van der Waals surface area contributed by atoms with E-state index < -0.39 is 27.9 Å². The summed E-state index contributed by atoms with van der Waals surface area (Å²) >= 11 is 1.28. The van der Waals surface area contributed by atoms with Crippen LogP contribution >= 0.6 is 11.3 Å². The van der Waals surface area contributed by atoms with Crippen LogP contribution in [-0.4, -0.2) is 35.6 Å². The number of carbonyl (C=O) groups is 2. The van der Waals surface area contributed by atoms with Gasteiger partial charge in [0.2, 0.25) is 5.91 Å². The van der Waals surface area contributed by atoms with Gasteiger partial charge in [0.05, 0.1) is 15.8 Å². The number of fused-ring (bicyclic) bond motifs is 2. The molecule has 1 atom stereocenters. The number of para-hydroxylation sites is 1. The molecule has 1 aromatic heterocycles. The van der Waals surface area contributed by atoms with E-state index in [1.807, 2.05) is 24.3 Å². The third-order valence-corrected chi connectivity index (χ3v) is 6.97. The minimum atomic E-state index is -4.05. The Hall–Kier alpha value is -2.78. The van der Waals surface area contributed by atoms with Crippen molar-refractivity contribution in [1.82, 2.24) is 9.29 Å². The second-order valence-electron chi connectivity index (χ2n) is 5.75. The lowest BCUT2D eigenvalue weighted by Gasteiger charge is -2.21. The summed E-state index contributed by atoms with van der Waals surface area (Å²) in [6.45, 7) is 1.38. The predicted molar refractivity (Wildman–Crippen MR) is 97.5 cm³/mol. The molecule has 7 nitrogen and oxygen atoms in total. The van der Waals surface area contributed by atoms with Crippen molar-refractivity contribution in [3.63, 3.8) is 0 Å². The Kier molecular flexibility index (Phi) is 3.78. The zero-order valence-corrected chi connectivity index (χ0v) is 15.2. The summed E-state index contributed by atoms with van der Waals surface area (Å²) in [7, 11) is -4.05. The molecule has 0 bridgehead atoms. The first-order valence-electron chi connectivity index (χ1n) is 7.74. The third-order valence-electron chi connectivity index (χ3n) is 4.11. The number of sulfonamides is 1. The van der Waals surface area contributed by atoms with Gasteiger partial charge in [-0.25, -0.2) is 17.7 Å². The zero-order chi connectivity index (χ0) is 18.5. The van der Waals surface area contributed by atoms with Gasteiger partial charge >= 0.3 is 0 Å². The molecule has 1 aliphatic rings. The molecule has 132 valence electrons. The summed E-state index contributed by atoms with van der Waals surface area (Å²) in [5.74, 6) is -1.32. The fraction of sp³-hybridized carbons (Fsp3) is 0.118. The molecule has 0 fully saturated rings. The second kappa shape index (κ2) is 5.89. The van der Waals surface area contributed by atoms with Crippen molar-refractivity contribution >= 4 is 48.5 Å². The van der Waals surface area contributed by atoms with Gasteiger partial charge in [-0.3, -0.25) is 9.59 Å². The number of nitrogens with one attached hydrogen (secondary N) is 1. The van der Waals surface area contributed by atoms with Crippen molar-refractivity contribution in [3.8, 4) is 0 Å². The van der Waals surface area contributed by atoms with E-state index in [0.717, 1.165) is 10.2 Å².